The van der Waals surface area contributed by atoms with Gasteiger partial charge in [0, 0.05) is 24.3 Å². The predicted octanol–water partition coefficient (Wildman–Crippen LogP) is 0.179. The molecule has 4 heteroatoms. The molecule has 0 saturated heterocycles. The summed E-state index contributed by atoms with van der Waals surface area (Å²) in [5.74, 6) is -0.537. The molecule has 1 aromatic rings. The molecule has 0 amide bonds. The molecule has 0 radical (unpaired) electrons. The lowest BCUT2D eigenvalue weighted by molar-refractivity contribution is 0.546. The molecule has 0 fully saturated rings. The fourth-order valence-corrected chi connectivity index (χ4v) is 0.802. The van der Waals surface area contributed by atoms with E-state index in [-0.39, 0.29) is 6.54 Å². The largest absolute Gasteiger partial charge is 0.329 e. The predicted molar refractivity (Wildman–Crippen MR) is 40.2 cm³/mol. The van der Waals surface area contributed by atoms with Crippen LogP contribution in [0.5, 0.6) is 0 Å². The minimum absolute atomic E-state index is 0.225. The second-order valence-electron chi connectivity index (χ2n) is 2.23. The van der Waals surface area contributed by atoms with Crippen molar-refractivity contribution in [2.75, 3.05) is 6.54 Å². The van der Waals surface area contributed by atoms with Crippen molar-refractivity contribution in [1.29, 1.82) is 0 Å². The van der Waals surface area contributed by atoms with E-state index in [4.69, 9.17) is 11.5 Å². The first-order valence-corrected chi connectivity index (χ1v) is 3.31. The molecule has 1 atom stereocenters. The van der Waals surface area contributed by atoms with E-state index >= 15 is 0 Å². The quantitative estimate of drug-likeness (QED) is 0.599. The van der Waals surface area contributed by atoms with Gasteiger partial charge in [-0.1, -0.05) is 6.07 Å². The Morgan fingerprint density at radius 1 is 1.64 bits per heavy atom. The van der Waals surface area contributed by atoms with Gasteiger partial charge in [-0.05, 0) is 6.07 Å². The topological polar surface area (TPSA) is 64.9 Å². The molecule has 11 heavy (non-hydrogen) atoms. The van der Waals surface area contributed by atoms with Crippen molar-refractivity contribution in [3.05, 3.63) is 29.8 Å². The molecule has 0 aliphatic carbocycles. The van der Waals surface area contributed by atoms with Crippen LogP contribution in [0, 0.1) is 5.95 Å². The first-order valence-electron chi connectivity index (χ1n) is 3.31. The van der Waals surface area contributed by atoms with Crippen LogP contribution in [0.15, 0.2) is 18.3 Å². The van der Waals surface area contributed by atoms with E-state index in [1.54, 1.807) is 12.1 Å². The maximum Gasteiger partial charge on any atom is 0.217 e. The van der Waals surface area contributed by atoms with E-state index < -0.39 is 12.0 Å². The summed E-state index contributed by atoms with van der Waals surface area (Å²) in [6, 6.07) is 2.76. The van der Waals surface area contributed by atoms with Crippen molar-refractivity contribution in [2.45, 2.75) is 6.04 Å². The molecule has 0 aliphatic rings. The summed E-state index contributed by atoms with van der Waals surface area (Å²) in [4.78, 5) is 3.45. The Morgan fingerprint density at radius 3 is 2.91 bits per heavy atom. The summed E-state index contributed by atoms with van der Waals surface area (Å²) >= 11 is 0. The zero-order valence-corrected chi connectivity index (χ0v) is 6.00. The van der Waals surface area contributed by atoms with Gasteiger partial charge >= 0.3 is 0 Å². The Hall–Kier alpha value is -1.00. The number of pyridine rings is 1. The van der Waals surface area contributed by atoms with E-state index in [9.17, 15) is 4.39 Å². The summed E-state index contributed by atoms with van der Waals surface area (Å²) in [5.41, 5.74) is 11.1. The van der Waals surface area contributed by atoms with Crippen molar-refractivity contribution in [1.82, 2.24) is 4.98 Å². The standard InChI is InChI=1S/C7H10FN3/c8-7-5(6(10)4-9)2-1-3-11-7/h1-3,6H,4,9-10H2. The molecule has 1 rings (SSSR count). The fourth-order valence-electron chi connectivity index (χ4n) is 0.802. The number of nitrogens with two attached hydrogens (primary N) is 2. The van der Waals surface area contributed by atoms with Gasteiger partial charge in [0.05, 0.1) is 0 Å². The maximum absolute atomic E-state index is 12.8. The summed E-state index contributed by atoms with van der Waals surface area (Å²) < 4.78 is 12.8. The maximum atomic E-state index is 12.8. The number of halogens is 1. The lowest BCUT2D eigenvalue weighted by Crippen LogP contribution is -2.22. The highest BCUT2D eigenvalue weighted by Crippen LogP contribution is 2.10. The Morgan fingerprint density at radius 2 is 2.36 bits per heavy atom. The molecular formula is C7H10FN3. The molecular weight excluding hydrogens is 145 g/mol. The van der Waals surface area contributed by atoms with Gasteiger partial charge < -0.3 is 11.5 Å². The van der Waals surface area contributed by atoms with E-state index in [1.165, 1.54) is 6.20 Å². The molecule has 1 aromatic heterocycles. The van der Waals surface area contributed by atoms with Gasteiger partial charge in [-0.15, -0.1) is 0 Å². The molecule has 1 unspecified atom stereocenters. The van der Waals surface area contributed by atoms with Gasteiger partial charge in [0.1, 0.15) is 0 Å². The van der Waals surface area contributed by atoms with Gasteiger partial charge in [-0.3, -0.25) is 0 Å². The van der Waals surface area contributed by atoms with Crippen LogP contribution in [-0.2, 0) is 0 Å². The highest BCUT2D eigenvalue weighted by molar-refractivity contribution is 5.15. The van der Waals surface area contributed by atoms with Crippen molar-refractivity contribution in [3.8, 4) is 0 Å². The third-order valence-electron chi connectivity index (χ3n) is 1.44. The van der Waals surface area contributed by atoms with E-state index in [0.29, 0.717) is 5.56 Å². The monoisotopic (exact) mass is 155 g/mol. The van der Waals surface area contributed by atoms with Crippen molar-refractivity contribution in [3.63, 3.8) is 0 Å². The van der Waals surface area contributed by atoms with Gasteiger partial charge in [-0.25, -0.2) is 4.98 Å². The molecule has 0 saturated carbocycles. The zero-order chi connectivity index (χ0) is 8.27. The first-order chi connectivity index (χ1) is 5.25. The number of rotatable bonds is 2. The van der Waals surface area contributed by atoms with E-state index in [0.717, 1.165) is 0 Å². The Kier molecular flexibility index (Phi) is 2.51. The second kappa shape index (κ2) is 3.41. The van der Waals surface area contributed by atoms with E-state index in [1.807, 2.05) is 0 Å². The van der Waals surface area contributed by atoms with Crippen LogP contribution < -0.4 is 11.5 Å². The van der Waals surface area contributed by atoms with Gasteiger partial charge in [-0.2, -0.15) is 4.39 Å². The second-order valence-corrected chi connectivity index (χ2v) is 2.23. The molecule has 1 heterocycles. The first kappa shape index (κ1) is 8.10. The van der Waals surface area contributed by atoms with Crippen LogP contribution in [0.4, 0.5) is 4.39 Å². The highest BCUT2D eigenvalue weighted by Gasteiger charge is 2.08. The van der Waals surface area contributed by atoms with Crippen LogP contribution in [-0.4, -0.2) is 11.5 Å². The average Bonchev–Trinajstić information content (AvgIpc) is 2.04. The van der Waals surface area contributed by atoms with Crippen molar-refractivity contribution < 1.29 is 4.39 Å². The van der Waals surface area contributed by atoms with Crippen LogP contribution in [0.25, 0.3) is 0 Å². The lowest BCUT2D eigenvalue weighted by atomic mass is 10.1. The number of hydrogen-bond donors (Lipinski definition) is 2. The summed E-state index contributed by atoms with van der Waals surface area (Å²) in [6.45, 7) is 0.225. The minimum atomic E-state index is -0.537. The Labute approximate surface area is 64.2 Å². The number of nitrogens with zero attached hydrogens (tertiary/aromatic N) is 1. The number of aromatic nitrogens is 1. The third-order valence-corrected chi connectivity index (χ3v) is 1.44. The normalized spacial score (nSPS) is 13.0. The van der Waals surface area contributed by atoms with Crippen molar-refractivity contribution >= 4 is 0 Å². The SMILES string of the molecule is NCC(N)c1cccnc1F. The van der Waals surface area contributed by atoms with E-state index in [2.05, 4.69) is 4.98 Å². The molecule has 3 nitrogen and oxygen atoms in total. The zero-order valence-electron chi connectivity index (χ0n) is 6.00. The minimum Gasteiger partial charge on any atom is -0.329 e. The Bertz CT molecular complexity index is 239. The molecule has 60 valence electrons. The van der Waals surface area contributed by atoms with Gasteiger partial charge in [0.15, 0.2) is 0 Å². The third kappa shape index (κ3) is 1.72. The lowest BCUT2D eigenvalue weighted by Gasteiger charge is -2.07. The summed E-state index contributed by atoms with van der Waals surface area (Å²) in [7, 11) is 0. The highest BCUT2D eigenvalue weighted by atomic mass is 19.1. The molecule has 0 bridgehead atoms. The van der Waals surface area contributed by atoms with Crippen LogP contribution in [0.2, 0.25) is 0 Å². The van der Waals surface area contributed by atoms with Gasteiger partial charge in [0.25, 0.3) is 0 Å². The van der Waals surface area contributed by atoms with Crippen molar-refractivity contribution in [2.24, 2.45) is 11.5 Å². The Balaban J connectivity index is 2.93. The smallest absolute Gasteiger partial charge is 0.217 e. The van der Waals surface area contributed by atoms with Gasteiger partial charge in [0.2, 0.25) is 5.95 Å². The molecule has 4 N–H and O–H groups in total. The summed E-state index contributed by atoms with van der Waals surface area (Å²) in [6.07, 6.45) is 1.38. The fraction of sp³-hybridized carbons (Fsp3) is 0.286. The van der Waals surface area contributed by atoms with Crippen LogP contribution in [0.3, 0.4) is 0 Å². The van der Waals surface area contributed by atoms with Crippen LogP contribution in [0.1, 0.15) is 11.6 Å². The number of hydrogen-bond acceptors (Lipinski definition) is 3. The average molecular weight is 155 g/mol. The molecule has 0 spiro atoms. The summed E-state index contributed by atoms with van der Waals surface area (Å²) in [5, 5.41) is 0. The molecule has 0 aliphatic heterocycles. The molecule has 0 aromatic carbocycles. The van der Waals surface area contributed by atoms with Crippen LogP contribution >= 0.6 is 0 Å².